The van der Waals surface area contributed by atoms with Crippen molar-refractivity contribution in [2.75, 3.05) is 12.3 Å². The number of nitrogens with two attached hydrogens (primary N) is 1. The summed E-state index contributed by atoms with van der Waals surface area (Å²) in [5.41, 5.74) is 2.20. The van der Waals surface area contributed by atoms with Gasteiger partial charge in [0, 0.05) is 0 Å². The molecule has 0 amide bonds. The molecule has 0 bridgehead atoms. The van der Waals surface area contributed by atoms with Crippen LogP contribution in [0.4, 0.5) is 14.7 Å². The van der Waals surface area contributed by atoms with Gasteiger partial charge >= 0.3 is 5.92 Å². The summed E-state index contributed by atoms with van der Waals surface area (Å²) in [6.07, 6.45) is -2.58. The highest BCUT2D eigenvalue weighted by molar-refractivity contribution is 5.70. The number of aliphatic hydroxyl groups is 2. The third kappa shape index (κ3) is 1.97. The lowest BCUT2D eigenvalue weighted by molar-refractivity contribution is -0.139. The van der Waals surface area contributed by atoms with Gasteiger partial charge in [-0.25, -0.2) is 4.98 Å². The predicted octanol–water partition coefficient (Wildman–Crippen LogP) is -0.856. The van der Waals surface area contributed by atoms with Gasteiger partial charge in [-0.1, -0.05) is 6.08 Å². The number of halogens is 2. The van der Waals surface area contributed by atoms with Crippen LogP contribution in [0.2, 0.25) is 0 Å². The lowest BCUT2D eigenvalue weighted by atomic mass is 9.96. The largest absolute Gasteiger partial charge is 0.393 e. The van der Waals surface area contributed by atoms with E-state index in [1.807, 2.05) is 0 Å². The maximum Gasteiger partial charge on any atom is 0.320 e. The molecular formula is C12H13F2N5O4. The standard InChI is InChI=1S/C12H13F2N5O4/c1-2-11(3-20)8(22)12(13,14)9(23-11)19-4-16-5-6(19)17-10(15)18-7(5)21/h2,4,8-9,20,22H,1,3H2,(H3,15,17,18,21)/t8-,9-,11-/m1/s1. The predicted molar refractivity (Wildman–Crippen MR) is 73.7 cm³/mol. The third-order valence-electron chi connectivity index (χ3n) is 3.78. The van der Waals surface area contributed by atoms with E-state index < -0.39 is 36.0 Å². The van der Waals surface area contributed by atoms with E-state index in [2.05, 4.69) is 21.5 Å². The average molecular weight is 329 g/mol. The second-order valence-corrected chi connectivity index (χ2v) is 5.14. The van der Waals surface area contributed by atoms with Crippen LogP contribution in [0.1, 0.15) is 6.23 Å². The summed E-state index contributed by atoms with van der Waals surface area (Å²) in [7, 11) is 0. The zero-order valence-corrected chi connectivity index (χ0v) is 11.6. The van der Waals surface area contributed by atoms with E-state index in [0.717, 1.165) is 17.0 Å². The van der Waals surface area contributed by atoms with Crippen molar-refractivity contribution in [1.29, 1.82) is 0 Å². The maximum atomic E-state index is 14.4. The quantitative estimate of drug-likeness (QED) is 0.537. The minimum atomic E-state index is -3.80. The number of ether oxygens (including phenoxy) is 1. The molecule has 11 heteroatoms. The molecule has 2 aromatic heterocycles. The first-order valence-corrected chi connectivity index (χ1v) is 6.47. The molecular weight excluding hydrogens is 316 g/mol. The van der Waals surface area contributed by atoms with Crippen LogP contribution < -0.4 is 11.3 Å². The van der Waals surface area contributed by atoms with Crippen molar-refractivity contribution in [3.63, 3.8) is 0 Å². The SMILES string of the molecule is C=C[C@]1(CO)O[C@@H](n2cnc3c(=O)[nH]c(N)nc32)C(F)(F)[C@@H]1O. The summed E-state index contributed by atoms with van der Waals surface area (Å²) in [6.45, 7) is 2.40. The molecule has 1 aliphatic rings. The van der Waals surface area contributed by atoms with Gasteiger partial charge < -0.3 is 20.7 Å². The highest BCUT2D eigenvalue weighted by atomic mass is 19.3. The number of alkyl halides is 2. The van der Waals surface area contributed by atoms with Crippen molar-refractivity contribution in [3.8, 4) is 0 Å². The van der Waals surface area contributed by atoms with Crippen LogP contribution in [0.25, 0.3) is 11.2 Å². The number of hydrogen-bond acceptors (Lipinski definition) is 7. The molecule has 1 fully saturated rings. The minimum absolute atomic E-state index is 0.215. The van der Waals surface area contributed by atoms with Crippen molar-refractivity contribution in [1.82, 2.24) is 19.5 Å². The number of imidazole rings is 1. The van der Waals surface area contributed by atoms with Crippen LogP contribution in [0.5, 0.6) is 0 Å². The van der Waals surface area contributed by atoms with Crippen molar-refractivity contribution in [2.24, 2.45) is 0 Å². The highest BCUT2D eigenvalue weighted by Crippen LogP contribution is 2.48. The van der Waals surface area contributed by atoms with Gasteiger partial charge in [-0.05, 0) is 0 Å². The van der Waals surface area contributed by atoms with Gasteiger partial charge in [-0.3, -0.25) is 14.3 Å². The van der Waals surface area contributed by atoms with E-state index in [1.165, 1.54) is 0 Å². The molecule has 9 nitrogen and oxygen atoms in total. The van der Waals surface area contributed by atoms with E-state index >= 15 is 0 Å². The first-order valence-electron chi connectivity index (χ1n) is 6.47. The molecule has 0 aliphatic carbocycles. The Labute approximate surface area is 127 Å². The van der Waals surface area contributed by atoms with Crippen LogP contribution in [-0.4, -0.2) is 54.0 Å². The summed E-state index contributed by atoms with van der Waals surface area (Å²) in [5.74, 6) is -4.09. The topological polar surface area (TPSA) is 139 Å². The molecule has 0 aromatic carbocycles. The Hall–Kier alpha value is -2.37. The third-order valence-corrected chi connectivity index (χ3v) is 3.78. The first-order chi connectivity index (χ1) is 10.8. The maximum absolute atomic E-state index is 14.4. The summed E-state index contributed by atoms with van der Waals surface area (Å²) < 4.78 is 34.8. The van der Waals surface area contributed by atoms with Crippen LogP contribution in [0.3, 0.4) is 0 Å². The van der Waals surface area contributed by atoms with Crippen LogP contribution >= 0.6 is 0 Å². The van der Waals surface area contributed by atoms with Crippen molar-refractivity contribution in [3.05, 3.63) is 29.3 Å². The molecule has 1 saturated heterocycles. The Morgan fingerprint density at radius 1 is 1.61 bits per heavy atom. The average Bonchev–Trinajstić information content (AvgIpc) is 2.99. The van der Waals surface area contributed by atoms with Gasteiger partial charge in [-0.2, -0.15) is 13.8 Å². The number of aliphatic hydroxyl groups excluding tert-OH is 2. The van der Waals surface area contributed by atoms with E-state index in [9.17, 15) is 23.8 Å². The number of aromatic nitrogens is 4. The number of nitrogens with one attached hydrogen (secondary N) is 1. The number of nitrogen functional groups attached to an aromatic ring is 1. The molecule has 3 atom stereocenters. The summed E-state index contributed by atoms with van der Waals surface area (Å²) in [6, 6.07) is 0. The molecule has 0 unspecified atom stereocenters. The number of hydrogen-bond donors (Lipinski definition) is 4. The van der Waals surface area contributed by atoms with Crippen molar-refractivity contribution in [2.45, 2.75) is 23.9 Å². The molecule has 3 heterocycles. The molecule has 0 radical (unpaired) electrons. The summed E-state index contributed by atoms with van der Waals surface area (Å²) in [4.78, 5) is 21.4. The van der Waals surface area contributed by atoms with Crippen molar-refractivity contribution < 1.29 is 23.7 Å². The number of fused-ring (bicyclic) bond motifs is 1. The fourth-order valence-electron chi connectivity index (χ4n) is 2.52. The van der Waals surface area contributed by atoms with Crippen LogP contribution in [0, 0.1) is 0 Å². The molecule has 23 heavy (non-hydrogen) atoms. The van der Waals surface area contributed by atoms with Crippen molar-refractivity contribution >= 4 is 17.1 Å². The van der Waals surface area contributed by atoms with Crippen LogP contribution in [0.15, 0.2) is 23.8 Å². The normalized spacial score (nSPS) is 29.9. The zero-order valence-electron chi connectivity index (χ0n) is 11.6. The zero-order chi connectivity index (χ0) is 17.0. The molecule has 124 valence electrons. The monoisotopic (exact) mass is 329 g/mol. The van der Waals surface area contributed by atoms with E-state index in [4.69, 9.17) is 10.5 Å². The Kier molecular flexibility index (Phi) is 3.25. The fraction of sp³-hybridized carbons (Fsp3) is 0.417. The second-order valence-electron chi connectivity index (χ2n) is 5.14. The van der Waals surface area contributed by atoms with Gasteiger partial charge in [0.05, 0.1) is 12.9 Å². The van der Waals surface area contributed by atoms with Gasteiger partial charge in [0.25, 0.3) is 5.56 Å². The summed E-state index contributed by atoms with van der Waals surface area (Å²) in [5, 5.41) is 19.2. The van der Waals surface area contributed by atoms with Crippen LogP contribution in [-0.2, 0) is 4.74 Å². The Morgan fingerprint density at radius 2 is 2.30 bits per heavy atom. The van der Waals surface area contributed by atoms with E-state index in [0.29, 0.717) is 0 Å². The van der Waals surface area contributed by atoms with Gasteiger partial charge in [-0.15, -0.1) is 6.58 Å². The number of H-pyrrole nitrogens is 1. The van der Waals surface area contributed by atoms with Gasteiger partial charge in [0.1, 0.15) is 5.60 Å². The first kappa shape index (κ1) is 15.5. The molecule has 0 spiro atoms. The van der Waals surface area contributed by atoms with Gasteiger partial charge in [0.15, 0.2) is 17.3 Å². The summed E-state index contributed by atoms with van der Waals surface area (Å²) >= 11 is 0. The number of aromatic amines is 1. The Balaban J connectivity index is 2.19. The second kappa shape index (κ2) is 4.81. The number of anilines is 1. The fourth-order valence-corrected chi connectivity index (χ4v) is 2.52. The molecule has 5 N–H and O–H groups in total. The number of nitrogens with zero attached hydrogens (tertiary/aromatic N) is 3. The Bertz CT molecular complexity index is 834. The molecule has 2 aromatic rings. The molecule has 1 aliphatic heterocycles. The minimum Gasteiger partial charge on any atom is -0.393 e. The smallest absolute Gasteiger partial charge is 0.320 e. The van der Waals surface area contributed by atoms with E-state index in [-0.39, 0.29) is 17.1 Å². The lowest BCUT2D eigenvalue weighted by Crippen LogP contribution is -2.47. The van der Waals surface area contributed by atoms with Gasteiger partial charge in [0.2, 0.25) is 12.2 Å². The Morgan fingerprint density at radius 3 is 2.87 bits per heavy atom. The molecule has 3 rings (SSSR count). The van der Waals surface area contributed by atoms with E-state index in [1.54, 1.807) is 0 Å². The highest BCUT2D eigenvalue weighted by Gasteiger charge is 2.65. The lowest BCUT2D eigenvalue weighted by Gasteiger charge is -2.25. The number of rotatable bonds is 3. The molecule has 0 saturated carbocycles.